The molecule has 2 rings (SSSR count). The molecule has 0 saturated heterocycles. The molecule has 2 aromatic rings. The summed E-state index contributed by atoms with van der Waals surface area (Å²) in [4.78, 5) is 16.5. The Morgan fingerprint density at radius 3 is 2.75 bits per heavy atom. The Morgan fingerprint density at radius 1 is 1.30 bits per heavy atom. The molecule has 2 aromatic heterocycles. The van der Waals surface area contributed by atoms with E-state index in [9.17, 15) is 4.79 Å². The second-order valence-corrected chi connectivity index (χ2v) is 5.57. The Labute approximate surface area is 121 Å². The topological polar surface area (TPSA) is 79.8 Å². The highest BCUT2D eigenvalue weighted by atomic mass is 32.1. The lowest BCUT2D eigenvalue weighted by atomic mass is 10.2. The highest BCUT2D eigenvalue weighted by molar-refractivity contribution is 7.15. The van der Waals surface area contributed by atoms with Gasteiger partial charge in [0.25, 0.3) is 5.91 Å². The summed E-state index contributed by atoms with van der Waals surface area (Å²) in [5.74, 6) is 0.511. The monoisotopic (exact) mass is 291 g/mol. The molecule has 7 heteroatoms. The highest BCUT2D eigenvalue weighted by Gasteiger charge is 2.11. The van der Waals surface area contributed by atoms with Crippen molar-refractivity contribution in [2.24, 2.45) is 0 Å². The van der Waals surface area contributed by atoms with Crippen molar-refractivity contribution in [3.05, 3.63) is 28.4 Å². The lowest BCUT2D eigenvalue weighted by Gasteiger charge is -2.08. The van der Waals surface area contributed by atoms with Gasteiger partial charge >= 0.3 is 0 Å². The molecular weight excluding hydrogens is 274 g/mol. The first-order valence-corrected chi connectivity index (χ1v) is 7.24. The molecule has 0 atom stereocenters. The Morgan fingerprint density at radius 2 is 2.10 bits per heavy atom. The van der Waals surface area contributed by atoms with E-state index < -0.39 is 0 Å². The Balaban J connectivity index is 2.14. The molecule has 2 N–H and O–H groups in total. The van der Waals surface area contributed by atoms with Crippen LogP contribution in [0.25, 0.3) is 0 Å². The molecule has 106 valence electrons. The van der Waals surface area contributed by atoms with E-state index in [-0.39, 0.29) is 5.91 Å². The van der Waals surface area contributed by atoms with Crippen LogP contribution in [0, 0.1) is 13.8 Å². The van der Waals surface area contributed by atoms with E-state index in [1.54, 1.807) is 12.1 Å². The average molecular weight is 291 g/mol. The highest BCUT2D eigenvalue weighted by Crippen LogP contribution is 2.16. The molecule has 0 aliphatic carbocycles. The van der Waals surface area contributed by atoms with Crippen LogP contribution in [0.2, 0.25) is 0 Å². The first-order chi connectivity index (χ1) is 9.58. The van der Waals surface area contributed by atoms with Gasteiger partial charge in [0.1, 0.15) is 10.8 Å². The van der Waals surface area contributed by atoms with E-state index in [1.807, 2.05) is 13.8 Å². The predicted octanol–water partition coefficient (Wildman–Crippen LogP) is 2.62. The number of rotatable bonds is 5. The van der Waals surface area contributed by atoms with E-state index >= 15 is 0 Å². The third-order valence-electron chi connectivity index (χ3n) is 2.52. The van der Waals surface area contributed by atoms with Gasteiger partial charge in [-0.05, 0) is 32.4 Å². The number of amides is 1. The summed E-state index contributed by atoms with van der Waals surface area (Å²) in [7, 11) is 0. The first kappa shape index (κ1) is 14.4. The molecule has 0 unspecified atom stereocenters. The summed E-state index contributed by atoms with van der Waals surface area (Å²) in [5, 5.41) is 15.0. The van der Waals surface area contributed by atoms with Crippen LogP contribution in [0.15, 0.2) is 12.1 Å². The van der Waals surface area contributed by atoms with Crippen molar-refractivity contribution in [1.29, 1.82) is 0 Å². The summed E-state index contributed by atoms with van der Waals surface area (Å²) in [6, 6.07) is 3.49. The van der Waals surface area contributed by atoms with Gasteiger partial charge in [0, 0.05) is 17.8 Å². The number of anilines is 2. The fraction of sp³-hybridized carbons (Fsp3) is 0.385. The van der Waals surface area contributed by atoms with Crippen LogP contribution in [0.4, 0.5) is 10.9 Å². The van der Waals surface area contributed by atoms with Gasteiger partial charge in [0.2, 0.25) is 5.13 Å². The van der Waals surface area contributed by atoms with E-state index in [0.29, 0.717) is 16.5 Å². The summed E-state index contributed by atoms with van der Waals surface area (Å²) in [6.45, 7) is 6.61. The van der Waals surface area contributed by atoms with Gasteiger partial charge < -0.3 is 5.32 Å². The number of aryl methyl sites for hydroxylation is 2. The zero-order valence-corrected chi connectivity index (χ0v) is 12.5. The molecule has 0 radical (unpaired) electrons. The largest absolute Gasteiger partial charge is 0.370 e. The van der Waals surface area contributed by atoms with Crippen LogP contribution in [0.5, 0.6) is 0 Å². The van der Waals surface area contributed by atoms with Gasteiger partial charge in [-0.3, -0.25) is 10.1 Å². The van der Waals surface area contributed by atoms with Gasteiger partial charge in [0.15, 0.2) is 0 Å². The number of hydrogen-bond acceptors (Lipinski definition) is 6. The quantitative estimate of drug-likeness (QED) is 0.885. The van der Waals surface area contributed by atoms with E-state index in [2.05, 4.69) is 32.7 Å². The zero-order chi connectivity index (χ0) is 14.5. The summed E-state index contributed by atoms with van der Waals surface area (Å²) >= 11 is 1.35. The van der Waals surface area contributed by atoms with Crippen molar-refractivity contribution in [3.8, 4) is 0 Å². The van der Waals surface area contributed by atoms with Gasteiger partial charge in [-0.25, -0.2) is 4.98 Å². The third kappa shape index (κ3) is 3.74. The minimum absolute atomic E-state index is 0.203. The second-order valence-electron chi connectivity index (χ2n) is 4.39. The van der Waals surface area contributed by atoms with Crippen LogP contribution in [-0.4, -0.2) is 27.6 Å². The number of carbonyl (C=O) groups excluding carboxylic acids is 1. The fourth-order valence-electron chi connectivity index (χ4n) is 1.66. The maximum absolute atomic E-state index is 12.2. The third-order valence-corrected chi connectivity index (χ3v) is 3.27. The van der Waals surface area contributed by atoms with Gasteiger partial charge in [-0.1, -0.05) is 18.3 Å². The normalized spacial score (nSPS) is 10.3. The molecule has 0 spiro atoms. The van der Waals surface area contributed by atoms with Crippen molar-refractivity contribution in [2.45, 2.75) is 27.2 Å². The van der Waals surface area contributed by atoms with Crippen molar-refractivity contribution < 1.29 is 4.79 Å². The van der Waals surface area contributed by atoms with E-state index in [0.717, 1.165) is 23.7 Å². The minimum atomic E-state index is -0.203. The number of aromatic nitrogens is 3. The van der Waals surface area contributed by atoms with E-state index in [1.165, 1.54) is 11.3 Å². The van der Waals surface area contributed by atoms with Crippen LogP contribution in [0.1, 0.15) is 34.4 Å². The number of nitrogens with one attached hydrogen (secondary N) is 2. The number of hydrogen-bond donors (Lipinski definition) is 2. The summed E-state index contributed by atoms with van der Waals surface area (Å²) < 4.78 is 0. The van der Waals surface area contributed by atoms with Crippen LogP contribution in [0.3, 0.4) is 0 Å². The lowest BCUT2D eigenvalue weighted by Crippen LogP contribution is -2.13. The van der Waals surface area contributed by atoms with Crippen molar-refractivity contribution in [1.82, 2.24) is 15.2 Å². The minimum Gasteiger partial charge on any atom is -0.370 e. The predicted molar refractivity (Wildman–Crippen MR) is 80.4 cm³/mol. The van der Waals surface area contributed by atoms with Crippen molar-refractivity contribution >= 4 is 28.2 Å². The summed E-state index contributed by atoms with van der Waals surface area (Å²) in [6.07, 6.45) is 1.00. The van der Waals surface area contributed by atoms with Crippen molar-refractivity contribution in [3.63, 3.8) is 0 Å². The molecule has 2 heterocycles. The molecule has 0 bridgehead atoms. The van der Waals surface area contributed by atoms with Crippen LogP contribution >= 0.6 is 11.3 Å². The SMILES string of the molecule is CCCNc1cc(C(=O)Nc2nnc(C)s2)cc(C)n1. The van der Waals surface area contributed by atoms with E-state index in [4.69, 9.17) is 0 Å². The zero-order valence-electron chi connectivity index (χ0n) is 11.7. The Kier molecular flexibility index (Phi) is 4.62. The molecule has 1 amide bonds. The second kappa shape index (κ2) is 6.42. The number of nitrogens with zero attached hydrogens (tertiary/aromatic N) is 3. The maximum atomic E-state index is 12.2. The lowest BCUT2D eigenvalue weighted by molar-refractivity contribution is 0.102. The standard InChI is InChI=1S/C13H17N5OS/c1-4-5-14-11-7-10(6-8(2)15-11)12(19)16-13-18-17-9(3)20-13/h6-7H,4-5H2,1-3H3,(H,14,15)(H,16,18,19). The molecular formula is C13H17N5OS. The Bertz CT molecular complexity index is 611. The van der Waals surface area contributed by atoms with Gasteiger partial charge in [-0.2, -0.15) is 0 Å². The first-order valence-electron chi connectivity index (χ1n) is 6.42. The molecule has 0 aliphatic rings. The van der Waals surface area contributed by atoms with Gasteiger partial charge in [0.05, 0.1) is 0 Å². The number of pyridine rings is 1. The maximum Gasteiger partial charge on any atom is 0.257 e. The molecule has 0 fully saturated rings. The molecule has 6 nitrogen and oxygen atoms in total. The van der Waals surface area contributed by atoms with Gasteiger partial charge in [-0.15, -0.1) is 10.2 Å². The Hall–Kier alpha value is -2.02. The van der Waals surface area contributed by atoms with Crippen molar-refractivity contribution in [2.75, 3.05) is 17.2 Å². The summed E-state index contributed by atoms with van der Waals surface area (Å²) in [5.41, 5.74) is 1.36. The molecule has 0 aliphatic heterocycles. The molecule has 0 aromatic carbocycles. The average Bonchev–Trinajstić information content (AvgIpc) is 2.81. The number of carbonyl (C=O) groups is 1. The smallest absolute Gasteiger partial charge is 0.257 e. The van der Waals surface area contributed by atoms with Crippen LogP contribution < -0.4 is 10.6 Å². The molecule has 20 heavy (non-hydrogen) atoms. The molecule has 0 saturated carbocycles. The van der Waals surface area contributed by atoms with Crippen LogP contribution in [-0.2, 0) is 0 Å². The fourth-order valence-corrected chi connectivity index (χ4v) is 2.25.